The number of fused-ring (bicyclic) bond motifs is 1. The molecule has 17 heavy (non-hydrogen) atoms. The number of hydrogen-bond donors (Lipinski definition) is 2. The number of hydrogen-bond acceptors (Lipinski definition) is 3. The van der Waals surface area contributed by atoms with Crippen LogP contribution in [0.5, 0.6) is 0 Å². The lowest BCUT2D eigenvalue weighted by Crippen LogP contribution is -2.09. The highest BCUT2D eigenvalue weighted by molar-refractivity contribution is 6.35. The fraction of sp³-hybridized carbons (Fsp3) is 0.308. The Balaban J connectivity index is 2.82. The third-order valence-electron chi connectivity index (χ3n) is 2.78. The maximum absolute atomic E-state index is 6.24. The minimum absolute atomic E-state index is 0.337. The molecule has 90 valence electrons. The number of benzene rings is 1. The third-order valence-corrected chi connectivity index (χ3v) is 3.07. The monoisotopic (exact) mass is 249 g/mol. The van der Waals surface area contributed by atoms with Crippen LogP contribution in [0.3, 0.4) is 0 Å². The van der Waals surface area contributed by atoms with Gasteiger partial charge in [0, 0.05) is 11.1 Å². The van der Waals surface area contributed by atoms with Crippen LogP contribution in [0.2, 0.25) is 5.02 Å². The van der Waals surface area contributed by atoms with Gasteiger partial charge in [0.05, 0.1) is 16.2 Å². The number of nitrogens with two attached hydrogens (primary N) is 1. The van der Waals surface area contributed by atoms with Crippen LogP contribution in [0.1, 0.15) is 31.0 Å². The van der Waals surface area contributed by atoms with Gasteiger partial charge in [-0.25, -0.2) is 0 Å². The minimum Gasteiger partial charge on any atom is -0.323 e. The lowest BCUT2D eigenvalue weighted by Gasteiger charge is -2.12. The van der Waals surface area contributed by atoms with E-state index in [-0.39, 0.29) is 0 Å². The van der Waals surface area contributed by atoms with Crippen molar-refractivity contribution >= 4 is 28.2 Å². The van der Waals surface area contributed by atoms with Crippen molar-refractivity contribution in [1.82, 2.24) is 4.98 Å². The van der Waals surface area contributed by atoms with Crippen molar-refractivity contribution in [1.29, 1.82) is 0 Å². The van der Waals surface area contributed by atoms with Crippen molar-refractivity contribution in [3.8, 4) is 0 Å². The van der Waals surface area contributed by atoms with Crippen LogP contribution >= 0.6 is 11.6 Å². The van der Waals surface area contributed by atoms with E-state index >= 15 is 0 Å². The van der Waals surface area contributed by atoms with Crippen LogP contribution < -0.4 is 11.3 Å². The van der Waals surface area contributed by atoms with Gasteiger partial charge in [-0.1, -0.05) is 25.4 Å². The fourth-order valence-corrected chi connectivity index (χ4v) is 2.17. The van der Waals surface area contributed by atoms with E-state index in [0.29, 0.717) is 10.9 Å². The molecule has 1 aromatic heterocycles. The van der Waals surface area contributed by atoms with Crippen LogP contribution in [0.25, 0.3) is 10.9 Å². The van der Waals surface area contributed by atoms with Gasteiger partial charge in [0.1, 0.15) is 0 Å². The maximum atomic E-state index is 6.24. The fourth-order valence-electron chi connectivity index (χ4n) is 1.86. The Morgan fingerprint density at radius 2 is 2.00 bits per heavy atom. The summed E-state index contributed by atoms with van der Waals surface area (Å²) in [5.74, 6) is 5.90. The molecule has 0 saturated heterocycles. The summed E-state index contributed by atoms with van der Waals surface area (Å²) in [6.07, 6.45) is 0. The molecule has 0 aliphatic carbocycles. The molecule has 2 aromatic rings. The van der Waals surface area contributed by atoms with E-state index in [4.69, 9.17) is 17.4 Å². The molecule has 0 unspecified atom stereocenters. The number of pyridine rings is 1. The first kappa shape index (κ1) is 12.1. The molecule has 0 saturated carbocycles. The van der Waals surface area contributed by atoms with E-state index in [0.717, 1.165) is 27.8 Å². The molecule has 1 aromatic carbocycles. The number of nitrogens with one attached hydrogen (secondary N) is 1. The van der Waals surface area contributed by atoms with Gasteiger partial charge in [0.15, 0.2) is 0 Å². The Bertz CT molecular complexity index is 564. The van der Waals surface area contributed by atoms with Gasteiger partial charge in [0.2, 0.25) is 0 Å². The summed E-state index contributed by atoms with van der Waals surface area (Å²) >= 11 is 6.24. The number of aryl methyl sites for hydroxylation is 1. The molecule has 0 aliphatic rings. The average molecular weight is 250 g/mol. The summed E-state index contributed by atoms with van der Waals surface area (Å²) in [6, 6.07) is 5.93. The molecular weight excluding hydrogens is 234 g/mol. The van der Waals surface area contributed by atoms with Gasteiger partial charge >= 0.3 is 0 Å². The quantitative estimate of drug-likeness (QED) is 0.632. The Morgan fingerprint density at radius 3 is 2.59 bits per heavy atom. The second-order valence-corrected chi connectivity index (χ2v) is 4.94. The zero-order valence-electron chi connectivity index (χ0n) is 10.2. The molecule has 0 radical (unpaired) electrons. The van der Waals surface area contributed by atoms with Crippen LogP contribution in [-0.2, 0) is 0 Å². The highest BCUT2D eigenvalue weighted by Gasteiger charge is 2.10. The number of halogens is 1. The summed E-state index contributed by atoms with van der Waals surface area (Å²) in [5.41, 5.74) is 6.47. The van der Waals surface area contributed by atoms with Gasteiger partial charge in [0.25, 0.3) is 0 Å². The lowest BCUT2D eigenvalue weighted by molar-refractivity contribution is 0.830. The summed E-state index contributed by atoms with van der Waals surface area (Å²) in [6.45, 7) is 6.19. The average Bonchev–Trinajstić information content (AvgIpc) is 2.27. The minimum atomic E-state index is 0.337. The lowest BCUT2D eigenvalue weighted by atomic mass is 10.0. The van der Waals surface area contributed by atoms with Crippen molar-refractivity contribution < 1.29 is 0 Å². The highest BCUT2D eigenvalue weighted by Crippen LogP contribution is 2.31. The zero-order valence-corrected chi connectivity index (χ0v) is 11.0. The topological polar surface area (TPSA) is 50.9 Å². The van der Waals surface area contributed by atoms with Gasteiger partial charge in [-0.15, -0.1) is 0 Å². The predicted molar refractivity (Wildman–Crippen MR) is 73.4 cm³/mol. The Morgan fingerprint density at radius 1 is 1.29 bits per heavy atom. The number of rotatable bonds is 2. The second kappa shape index (κ2) is 4.51. The first-order valence-electron chi connectivity index (χ1n) is 5.60. The summed E-state index contributed by atoms with van der Waals surface area (Å²) in [5, 5.41) is 1.63. The highest BCUT2D eigenvalue weighted by atomic mass is 35.5. The molecule has 2 rings (SSSR count). The van der Waals surface area contributed by atoms with E-state index < -0.39 is 0 Å². The van der Waals surface area contributed by atoms with E-state index in [1.54, 1.807) is 0 Å². The van der Waals surface area contributed by atoms with Crippen LogP contribution in [0, 0.1) is 6.92 Å². The van der Waals surface area contributed by atoms with E-state index in [2.05, 4.69) is 24.3 Å². The molecule has 0 bridgehead atoms. The first-order chi connectivity index (χ1) is 8.02. The number of hydrazine groups is 1. The molecule has 0 spiro atoms. The van der Waals surface area contributed by atoms with Crippen molar-refractivity contribution in [2.75, 3.05) is 5.43 Å². The molecule has 0 amide bonds. The van der Waals surface area contributed by atoms with Gasteiger partial charge in [-0.2, -0.15) is 0 Å². The summed E-state index contributed by atoms with van der Waals surface area (Å²) in [7, 11) is 0. The van der Waals surface area contributed by atoms with Gasteiger partial charge < -0.3 is 5.43 Å². The number of nitrogens with zero attached hydrogens (tertiary/aromatic N) is 1. The van der Waals surface area contributed by atoms with E-state index in [1.165, 1.54) is 0 Å². The summed E-state index contributed by atoms with van der Waals surface area (Å²) in [4.78, 5) is 4.60. The molecule has 1 heterocycles. The molecule has 0 aliphatic heterocycles. The maximum Gasteiger partial charge on any atom is 0.0912 e. The largest absolute Gasteiger partial charge is 0.323 e. The Labute approximate surface area is 106 Å². The van der Waals surface area contributed by atoms with Crippen molar-refractivity contribution in [3.05, 3.63) is 34.5 Å². The normalized spacial score (nSPS) is 11.2. The number of anilines is 1. The third kappa shape index (κ3) is 2.21. The first-order valence-corrected chi connectivity index (χ1v) is 5.98. The predicted octanol–water partition coefficient (Wildman–Crippen LogP) is 3.61. The van der Waals surface area contributed by atoms with Gasteiger partial charge in [-0.05, 0) is 36.6 Å². The zero-order chi connectivity index (χ0) is 12.6. The molecular formula is C13H16ClN3. The van der Waals surface area contributed by atoms with Crippen molar-refractivity contribution in [2.45, 2.75) is 26.7 Å². The number of nitrogen functional groups attached to an aromatic ring is 1. The standard InChI is InChI=1S/C13H16ClN3/c1-7(2)11-6-12(17-15)9-4-8(3)5-10(14)13(9)16-11/h4-7H,15H2,1-3H3,(H,16,17). The molecule has 0 atom stereocenters. The smallest absolute Gasteiger partial charge is 0.0912 e. The SMILES string of the molecule is Cc1cc(Cl)c2nc(C(C)C)cc(NN)c2c1. The number of aromatic nitrogens is 1. The van der Waals surface area contributed by atoms with Gasteiger partial charge in [-0.3, -0.25) is 10.8 Å². The Hall–Kier alpha value is -1.32. The summed E-state index contributed by atoms with van der Waals surface area (Å²) < 4.78 is 0. The second-order valence-electron chi connectivity index (χ2n) is 4.54. The molecule has 0 fully saturated rings. The molecule has 4 heteroatoms. The van der Waals surface area contributed by atoms with E-state index in [9.17, 15) is 0 Å². The van der Waals surface area contributed by atoms with E-state index in [1.807, 2.05) is 25.1 Å². The van der Waals surface area contributed by atoms with Crippen molar-refractivity contribution in [3.63, 3.8) is 0 Å². The van der Waals surface area contributed by atoms with Crippen molar-refractivity contribution in [2.24, 2.45) is 5.84 Å². The van der Waals surface area contributed by atoms with Crippen LogP contribution in [0.4, 0.5) is 5.69 Å². The Kier molecular flexibility index (Phi) is 3.22. The van der Waals surface area contributed by atoms with Crippen LogP contribution in [-0.4, -0.2) is 4.98 Å². The molecule has 3 nitrogen and oxygen atoms in total. The van der Waals surface area contributed by atoms with Crippen LogP contribution in [0.15, 0.2) is 18.2 Å². The molecule has 3 N–H and O–H groups in total.